The summed E-state index contributed by atoms with van der Waals surface area (Å²) in [7, 11) is 0. The van der Waals surface area contributed by atoms with Gasteiger partial charge in [0.05, 0.1) is 5.56 Å². The molecule has 5 nitrogen and oxygen atoms in total. The van der Waals surface area contributed by atoms with Gasteiger partial charge in [0, 0.05) is 23.9 Å². The van der Waals surface area contributed by atoms with Crippen molar-refractivity contribution in [3.8, 4) is 0 Å². The Labute approximate surface area is 141 Å². The second kappa shape index (κ2) is 6.93. The molecule has 0 unspecified atom stereocenters. The SMILES string of the molecule is C=Cc1cnc(N)c(C(=O)c2cccc(C3CCC(N)CC3)n2)c1. The average molecular weight is 322 g/mol. The first-order chi connectivity index (χ1) is 11.6. The van der Waals surface area contributed by atoms with Crippen molar-refractivity contribution in [1.29, 1.82) is 0 Å². The van der Waals surface area contributed by atoms with Gasteiger partial charge in [0.2, 0.25) is 5.78 Å². The van der Waals surface area contributed by atoms with Gasteiger partial charge in [-0.15, -0.1) is 0 Å². The van der Waals surface area contributed by atoms with Gasteiger partial charge >= 0.3 is 0 Å². The molecule has 0 spiro atoms. The van der Waals surface area contributed by atoms with E-state index in [2.05, 4.69) is 16.5 Å². The van der Waals surface area contributed by atoms with Crippen LogP contribution in [0.15, 0.2) is 37.0 Å². The fourth-order valence-electron chi connectivity index (χ4n) is 3.14. The number of pyridine rings is 2. The van der Waals surface area contributed by atoms with E-state index in [1.807, 2.05) is 12.1 Å². The van der Waals surface area contributed by atoms with Gasteiger partial charge < -0.3 is 11.5 Å². The topological polar surface area (TPSA) is 94.9 Å². The Morgan fingerprint density at radius 3 is 2.71 bits per heavy atom. The Morgan fingerprint density at radius 2 is 2.00 bits per heavy atom. The summed E-state index contributed by atoms with van der Waals surface area (Å²) < 4.78 is 0. The van der Waals surface area contributed by atoms with Crippen LogP contribution in [0.4, 0.5) is 5.82 Å². The zero-order valence-electron chi connectivity index (χ0n) is 13.6. The Morgan fingerprint density at radius 1 is 1.25 bits per heavy atom. The molecular weight excluding hydrogens is 300 g/mol. The molecule has 0 saturated heterocycles. The number of rotatable bonds is 4. The van der Waals surface area contributed by atoms with Crippen molar-refractivity contribution in [2.75, 3.05) is 5.73 Å². The van der Waals surface area contributed by atoms with Crippen LogP contribution in [0.3, 0.4) is 0 Å². The van der Waals surface area contributed by atoms with E-state index in [9.17, 15) is 4.79 Å². The van der Waals surface area contributed by atoms with E-state index in [-0.39, 0.29) is 11.6 Å². The van der Waals surface area contributed by atoms with E-state index in [4.69, 9.17) is 11.5 Å². The highest BCUT2D eigenvalue weighted by atomic mass is 16.1. The number of carbonyl (C=O) groups excluding carboxylic acids is 1. The van der Waals surface area contributed by atoms with Crippen molar-refractivity contribution in [2.45, 2.75) is 37.6 Å². The minimum Gasteiger partial charge on any atom is -0.383 e. The molecule has 1 aliphatic carbocycles. The molecule has 5 heteroatoms. The van der Waals surface area contributed by atoms with Crippen LogP contribution in [0.5, 0.6) is 0 Å². The van der Waals surface area contributed by atoms with Crippen LogP contribution < -0.4 is 11.5 Å². The molecule has 1 fully saturated rings. The standard InChI is InChI=1S/C19H22N4O/c1-2-12-10-15(19(21)22-11-12)18(24)17-5-3-4-16(23-17)13-6-8-14(20)9-7-13/h2-5,10-11,13-14H,1,6-9,20H2,(H2,21,22). The van der Waals surface area contributed by atoms with Crippen LogP contribution in [0, 0.1) is 0 Å². The summed E-state index contributed by atoms with van der Waals surface area (Å²) in [6, 6.07) is 7.58. The molecule has 2 heterocycles. The van der Waals surface area contributed by atoms with E-state index in [0.717, 1.165) is 36.9 Å². The second-order valence-corrected chi connectivity index (χ2v) is 6.29. The third-order valence-corrected chi connectivity index (χ3v) is 4.61. The second-order valence-electron chi connectivity index (χ2n) is 6.29. The predicted octanol–water partition coefficient (Wildman–Crippen LogP) is 2.92. The lowest BCUT2D eigenvalue weighted by molar-refractivity contribution is 0.103. The Bertz CT molecular complexity index is 764. The van der Waals surface area contributed by atoms with E-state index in [1.165, 1.54) is 0 Å². The molecule has 4 N–H and O–H groups in total. The zero-order chi connectivity index (χ0) is 17.1. The maximum atomic E-state index is 12.8. The molecular formula is C19H22N4O. The number of nitrogens with zero attached hydrogens (tertiary/aromatic N) is 2. The van der Waals surface area contributed by atoms with Crippen molar-refractivity contribution in [3.63, 3.8) is 0 Å². The van der Waals surface area contributed by atoms with Gasteiger partial charge in [-0.2, -0.15) is 0 Å². The van der Waals surface area contributed by atoms with E-state index >= 15 is 0 Å². The van der Waals surface area contributed by atoms with Crippen LogP contribution in [0.1, 0.15) is 58.9 Å². The number of hydrogen-bond acceptors (Lipinski definition) is 5. The molecule has 0 radical (unpaired) electrons. The van der Waals surface area contributed by atoms with E-state index in [1.54, 1.807) is 24.4 Å². The van der Waals surface area contributed by atoms with Gasteiger partial charge in [0.25, 0.3) is 0 Å². The highest BCUT2D eigenvalue weighted by molar-refractivity contribution is 6.10. The molecule has 0 aliphatic heterocycles. The summed E-state index contributed by atoms with van der Waals surface area (Å²) in [5.41, 5.74) is 14.3. The van der Waals surface area contributed by atoms with Gasteiger partial charge in [0.1, 0.15) is 11.5 Å². The highest BCUT2D eigenvalue weighted by Gasteiger charge is 2.22. The van der Waals surface area contributed by atoms with Crippen molar-refractivity contribution >= 4 is 17.7 Å². The molecule has 0 bridgehead atoms. The zero-order valence-corrected chi connectivity index (χ0v) is 13.6. The van der Waals surface area contributed by atoms with Crippen molar-refractivity contribution < 1.29 is 4.79 Å². The highest BCUT2D eigenvalue weighted by Crippen LogP contribution is 2.31. The van der Waals surface area contributed by atoms with Crippen LogP contribution in [0.2, 0.25) is 0 Å². The van der Waals surface area contributed by atoms with Gasteiger partial charge in [-0.25, -0.2) is 9.97 Å². The normalized spacial score (nSPS) is 20.5. The average Bonchev–Trinajstić information content (AvgIpc) is 2.62. The van der Waals surface area contributed by atoms with Crippen LogP contribution in [0.25, 0.3) is 6.08 Å². The van der Waals surface area contributed by atoms with Crippen molar-refractivity contribution in [1.82, 2.24) is 9.97 Å². The first-order valence-electron chi connectivity index (χ1n) is 8.23. The number of aromatic nitrogens is 2. The Kier molecular flexibility index (Phi) is 4.71. The summed E-state index contributed by atoms with van der Waals surface area (Å²) in [5, 5.41) is 0. The molecule has 0 amide bonds. The fourth-order valence-corrected chi connectivity index (χ4v) is 3.14. The van der Waals surface area contributed by atoms with Crippen LogP contribution in [-0.2, 0) is 0 Å². The van der Waals surface area contributed by atoms with Crippen LogP contribution in [-0.4, -0.2) is 21.8 Å². The molecule has 3 rings (SSSR count). The first-order valence-corrected chi connectivity index (χ1v) is 8.23. The van der Waals surface area contributed by atoms with Gasteiger partial charge in [-0.1, -0.05) is 18.7 Å². The molecule has 1 aliphatic rings. The lowest BCUT2D eigenvalue weighted by Crippen LogP contribution is -2.26. The van der Waals surface area contributed by atoms with Gasteiger partial charge in [-0.05, 0) is 49.4 Å². The molecule has 24 heavy (non-hydrogen) atoms. The van der Waals surface area contributed by atoms with Crippen molar-refractivity contribution in [3.05, 3.63) is 59.6 Å². The number of carbonyl (C=O) groups is 1. The molecule has 0 atom stereocenters. The minimum atomic E-state index is -0.210. The summed E-state index contributed by atoms with van der Waals surface area (Å²) >= 11 is 0. The number of anilines is 1. The molecule has 2 aromatic heterocycles. The number of nitrogen functional groups attached to an aromatic ring is 1. The Balaban J connectivity index is 1.88. The predicted molar refractivity (Wildman–Crippen MR) is 95.6 cm³/mol. The summed E-state index contributed by atoms with van der Waals surface area (Å²) in [4.78, 5) is 21.4. The Hall–Kier alpha value is -2.53. The number of hydrogen-bond donors (Lipinski definition) is 2. The minimum absolute atomic E-state index is 0.210. The number of nitrogens with two attached hydrogens (primary N) is 2. The largest absolute Gasteiger partial charge is 0.383 e. The summed E-state index contributed by atoms with van der Waals surface area (Å²) in [6.07, 6.45) is 7.26. The first kappa shape index (κ1) is 16.3. The van der Waals surface area contributed by atoms with E-state index in [0.29, 0.717) is 23.2 Å². The smallest absolute Gasteiger partial charge is 0.215 e. The molecule has 2 aromatic rings. The molecule has 0 aromatic carbocycles. The summed E-state index contributed by atoms with van der Waals surface area (Å²) in [5.74, 6) is 0.368. The fraction of sp³-hybridized carbons (Fsp3) is 0.316. The van der Waals surface area contributed by atoms with Crippen molar-refractivity contribution in [2.24, 2.45) is 5.73 Å². The lowest BCUT2D eigenvalue weighted by atomic mass is 9.84. The quantitative estimate of drug-likeness (QED) is 0.844. The van der Waals surface area contributed by atoms with Crippen LogP contribution >= 0.6 is 0 Å². The third-order valence-electron chi connectivity index (χ3n) is 4.61. The molecule has 124 valence electrons. The third kappa shape index (κ3) is 3.36. The van der Waals surface area contributed by atoms with Gasteiger partial charge in [-0.3, -0.25) is 4.79 Å². The lowest BCUT2D eigenvalue weighted by Gasteiger charge is -2.25. The summed E-state index contributed by atoms with van der Waals surface area (Å²) in [6.45, 7) is 3.70. The van der Waals surface area contributed by atoms with E-state index < -0.39 is 0 Å². The number of ketones is 1. The maximum Gasteiger partial charge on any atom is 0.215 e. The molecule has 1 saturated carbocycles. The van der Waals surface area contributed by atoms with Gasteiger partial charge in [0.15, 0.2) is 0 Å². The maximum absolute atomic E-state index is 12.8. The monoisotopic (exact) mass is 322 g/mol.